The van der Waals surface area contributed by atoms with E-state index in [9.17, 15) is 0 Å². The van der Waals surface area contributed by atoms with Crippen molar-refractivity contribution in [3.63, 3.8) is 0 Å². The molecule has 0 N–H and O–H groups in total. The Morgan fingerprint density at radius 1 is 1.00 bits per heavy atom. The van der Waals surface area contributed by atoms with Crippen LogP contribution in [0.15, 0.2) is 0 Å². The zero-order chi connectivity index (χ0) is 0. The van der Waals surface area contributed by atoms with Crippen LogP contribution >= 0.6 is 0 Å². The van der Waals surface area contributed by atoms with E-state index in [2.05, 4.69) is 0 Å². The van der Waals surface area contributed by atoms with Gasteiger partial charge in [0.2, 0.25) is 0 Å². The standard InChI is InChI=1S/Co.Cu.Fe.GeH4/h;;;1H4. The minimum atomic E-state index is 0. The van der Waals surface area contributed by atoms with Crippen LogP contribution < -0.4 is 0 Å². The second kappa shape index (κ2) is 19.5. The summed E-state index contributed by atoms with van der Waals surface area (Å²) in [6.07, 6.45) is 0. The molecule has 0 nitrogen and oxygen atoms in total. The minimum absolute atomic E-state index is 0. The fourth-order valence-electron chi connectivity index (χ4n) is 0. The molecule has 0 saturated carbocycles. The van der Waals surface area contributed by atoms with Crippen molar-refractivity contribution in [2.75, 3.05) is 0 Å². The van der Waals surface area contributed by atoms with Gasteiger partial charge in [0.1, 0.15) is 0 Å². The monoisotopic (exact) mass is 256 g/mol. The van der Waals surface area contributed by atoms with Crippen molar-refractivity contribution in [1.82, 2.24) is 0 Å². The van der Waals surface area contributed by atoms with Crippen LogP contribution in [0.25, 0.3) is 0 Å². The SMILES string of the molecule is [Co].[Cu].[Fe].[GeH4]. The van der Waals surface area contributed by atoms with Crippen LogP contribution in [0.4, 0.5) is 0 Å². The van der Waals surface area contributed by atoms with Gasteiger partial charge in [-0.3, -0.25) is 0 Å². The summed E-state index contributed by atoms with van der Waals surface area (Å²) in [6, 6.07) is 0. The number of hydrogen-bond donors (Lipinski definition) is 0. The zero-order valence-corrected chi connectivity index (χ0v) is 4.08. The van der Waals surface area contributed by atoms with Gasteiger partial charge < -0.3 is 0 Å². The van der Waals surface area contributed by atoms with Gasteiger partial charge >= 0.3 is 17.6 Å². The molecule has 36 valence electrons. The Bertz CT molecular complexity index is 8.00. The molecule has 0 unspecified atom stereocenters. The number of rotatable bonds is 0. The maximum absolute atomic E-state index is 0. The summed E-state index contributed by atoms with van der Waals surface area (Å²) in [4.78, 5) is 0. The molecule has 0 rings (SSSR count). The van der Waals surface area contributed by atoms with E-state index in [0.29, 0.717) is 0 Å². The summed E-state index contributed by atoms with van der Waals surface area (Å²) < 4.78 is 0. The van der Waals surface area contributed by atoms with Crippen molar-refractivity contribution in [2.45, 2.75) is 0 Å². The first kappa shape index (κ1) is 36.1. The average Bonchev–Trinajstić information content (AvgIpc) is 0. The van der Waals surface area contributed by atoms with Crippen LogP contribution in [0.5, 0.6) is 0 Å². The first-order valence-electron chi connectivity index (χ1n) is 0. The molecule has 0 aliphatic heterocycles. The molecule has 0 aromatic carbocycles. The van der Waals surface area contributed by atoms with Crippen molar-refractivity contribution in [3.05, 3.63) is 0 Å². The maximum atomic E-state index is 0. The summed E-state index contributed by atoms with van der Waals surface area (Å²) in [5.74, 6) is 0. The van der Waals surface area contributed by atoms with E-state index in [-0.39, 0.29) is 68.5 Å². The molecule has 2 radical (unpaired) electrons. The molecule has 4 heavy (non-hydrogen) atoms. The van der Waals surface area contributed by atoms with Gasteiger partial charge in [-0.15, -0.1) is 0 Å². The number of hydrogen-bond acceptors (Lipinski definition) is 0. The Balaban J connectivity index is 0. The molecule has 0 amide bonds. The van der Waals surface area contributed by atoms with Crippen LogP contribution in [-0.4, -0.2) is 17.6 Å². The van der Waals surface area contributed by atoms with Crippen LogP contribution in [0.3, 0.4) is 0 Å². The second-order valence-electron chi connectivity index (χ2n) is 0. The van der Waals surface area contributed by atoms with E-state index in [1.165, 1.54) is 0 Å². The van der Waals surface area contributed by atoms with Gasteiger partial charge in [-0.2, -0.15) is 0 Å². The molecule has 0 aromatic rings. The van der Waals surface area contributed by atoms with Gasteiger partial charge in [0.25, 0.3) is 0 Å². The van der Waals surface area contributed by atoms with Crippen LogP contribution in [0, 0.1) is 0 Å². The summed E-state index contributed by atoms with van der Waals surface area (Å²) in [5.41, 5.74) is 0. The molecule has 0 fully saturated rings. The molecule has 0 heterocycles. The third kappa shape index (κ3) is 8.94. The molecule has 0 atom stereocenters. The summed E-state index contributed by atoms with van der Waals surface area (Å²) in [5, 5.41) is 0. The molecule has 0 aromatic heterocycles. The van der Waals surface area contributed by atoms with Gasteiger partial charge in [0, 0.05) is 50.9 Å². The van der Waals surface area contributed by atoms with Crippen LogP contribution in [0.2, 0.25) is 0 Å². The Hall–Kier alpha value is 2.09. The van der Waals surface area contributed by atoms with Crippen LogP contribution in [0.1, 0.15) is 0 Å². The first-order valence-corrected chi connectivity index (χ1v) is 0. The first-order chi connectivity index (χ1) is 0. The van der Waals surface area contributed by atoms with E-state index in [1.54, 1.807) is 0 Å². The third-order valence-corrected chi connectivity index (χ3v) is 0. The summed E-state index contributed by atoms with van der Waals surface area (Å²) >= 11 is 0. The molecule has 0 aliphatic rings. The van der Waals surface area contributed by atoms with Gasteiger partial charge in [0.15, 0.2) is 0 Å². The average molecular weight is 255 g/mol. The van der Waals surface area contributed by atoms with Gasteiger partial charge in [0.05, 0.1) is 0 Å². The van der Waals surface area contributed by atoms with E-state index in [4.69, 9.17) is 0 Å². The van der Waals surface area contributed by atoms with Crippen molar-refractivity contribution in [1.29, 1.82) is 0 Å². The quantitative estimate of drug-likeness (QED) is 0.464. The van der Waals surface area contributed by atoms with Crippen molar-refractivity contribution >= 4 is 17.6 Å². The molecule has 0 bridgehead atoms. The van der Waals surface area contributed by atoms with E-state index >= 15 is 0 Å². The molecule has 0 spiro atoms. The van der Waals surface area contributed by atoms with E-state index in [1.807, 2.05) is 0 Å². The zero-order valence-electron chi connectivity index (χ0n) is 0.988. The predicted octanol–water partition coefficient (Wildman–Crippen LogP) is -1.46. The fourth-order valence-corrected chi connectivity index (χ4v) is 0. The van der Waals surface area contributed by atoms with Crippen molar-refractivity contribution < 1.29 is 50.9 Å². The molecular formula is H4CoCuFeGe. The molecule has 0 aliphatic carbocycles. The van der Waals surface area contributed by atoms with E-state index < -0.39 is 0 Å². The Morgan fingerprint density at radius 2 is 1.00 bits per heavy atom. The topological polar surface area (TPSA) is 0 Å². The Morgan fingerprint density at radius 3 is 1.00 bits per heavy atom. The third-order valence-electron chi connectivity index (χ3n) is 0. The van der Waals surface area contributed by atoms with Gasteiger partial charge in [-0.1, -0.05) is 0 Å². The van der Waals surface area contributed by atoms with Crippen LogP contribution in [-0.2, 0) is 50.9 Å². The summed E-state index contributed by atoms with van der Waals surface area (Å²) in [6.45, 7) is 0. The van der Waals surface area contributed by atoms with Gasteiger partial charge in [-0.25, -0.2) is 0 Å². The Labute approximate surface area is 68.0 Å². The molecule has 0 saturated heterocycles. The van der Waals surface area contributed by atoms with Gasteiger partial charge in [-0.05, 0) is 0 Å². The molecular weight excluding hydrogens is 251 g/mol. The molecule has 4 heteroatoms. The van der Waals surface area contributed by atoms with E-state index in [0.717, 1.165) is 0 Å². The predicted molar refractivity (Wildman–Crippen MR) is 11.3 cm³/mol. The van der Waals surface area contributed by atoms with Crippen molar-refractivity contribution in [3.8, 4) is 0 Å². The summed E-state index contributed by atoms with van der Waals surface area (Å²) in [7, 11) is 0. The normalized spacial score (nSPS) is 0. The Kier molecular flexibility index (Phi) is 176. The second-order valence-corrected chi connectivity index (χ2v) is 0. The van der Waals surface area contributed by atoms with Crippen molar-refractivity contribution in [2.24, 2.45) is 0 Å². The fraction of sp³-hybridized carbons (Fsp3) is 0.